The first kappa shape index (κ1) is 15.5. The van der Waals surface area contributed by atoms with E-state index in [0.29, 0.717) is 27.1 Å². The van der Waals surface area contributed by atoms with Gasteiger partial charge >= 0.3 is 0 Å². The molecule has 0 N–H and O–H groups in total. The van der Waals surface area contributed by atoms with Crippen LogP contribution in [0.25, 0.3) is 0 Å². The first-order valence-corrected chi connectivity index (χ1v) is 9.08. The van der Waals surface area contributed by atoms with Crippen LogP contribution in [0.2, 0.25) is 5.02 Å². The van der Waals surface area contributed by atoms with Crippen molar-refractivity contribution in [2.75, 3.05) is 10.8 Å². The average Bonchev–Trinajstić information content (AvgIpc) is 2.55. The van der Waals surface area contributed by atoms with Gasteiger partial charge in [-0.3, -0.25) is 9.00 Å². The van der Waals surface area contributed by atoms with Crippen molar-refractivity contribution in [3.8, 4) is 0 Å². The van der Waals surface area contributed by atoms with Gasteiger partial charge in [0.1, 0.15) is 5.82 Å². The molecule has 0 bridgehead atoms. The third kappa shape index (κ3) is 2.56. The van der Waals surface area contributed by atoms with E-state index < -0.39 is 10.8 Å². The van der Waals surface area contributed by atoms with Gasteiger partial charge in [0.2, 0.25) is 5.91 Å². The van der Waals surface area contributed by atoms with E-state index >= 15 is 0 Å². The van der Waals surface area contributed by atoms with Gasteiger partial charge in [-0.05, 0) is 42.5 Å². The highest BCUT2D eigenvalue weighted by Gasteiger charge is 2.37. The summed E-state index contributed by atoms with van der Waals surface area (Å²) in [7, 11) is -1.18. The summed E-state index contributed by atoms with van der Waals surface area (Å²) in [6.45, 7) is 0. The van der Waals surface area contributed by atoms with Crippen LogP contribution in [0.3, 0.4) is 0 Å². The number of hydrogen-bond acceptors (Lipinski definition) is 3. The summed E-state index contributed by atoms with van der Waals surface area (Å²) in [6.07, 6.45) is 0.216. The van der Waals surface area contributed by atoms with Crippen molar-refractivity contribution >= 4 is 39.7 Å². The number of nitrogens with zero attached hydrogens (tertiary/aromatic N) is 2. The normalized spacial score (nSPS) is 22.7. The number of rotatable bonds is 1. The molecule has 7 heteroatoms. The number of anilines is 1. The number of halogens is 2. The lowest BCUT2D eigenvalue weighted by Gasteiger charge is -2.32. The maximum Gasteiger partial charge on any atom is 0.248 e. The van der Waals surface area contributed by atoms with Crippen molar-refractivity contribution in [2.24, 2.45) is 11.0 Å². The Hall–Kier alpha value is -2.05. The molecule has 122 valence electrons. The van der Waals surface area contributed by atoms with E-state index in [1.165, 1.54) is 29.3 Å². The summed E-state index contributed by atoms with van der Waals surface area (Å²) >= 11 is 6.08. The van der Waals surface area contributed by atoms with E-state index in [1.54, 1.807) is 18.2 Å². The second-order valence-electron chi connectivity index (χ2n) is 5.72. The van der Waals surface area contributed by atoms with E-state index in [2.05, 4.69) is 5.10 Å². The fourth-order valence-electron chi connectivity index (χ4n) is 3.01. The van der Waals surface area contributed by atoms with Crippen LogP contribution in [0, 0.1) is 11.7 Å². The van der Waals surface area contributed by atoms with Crippen LogP contribution >= 0.6 is 11.6 Å². The quantitative estimate of drug-likeness (QED) is 0.781. The molecule has 2 aromatic carbocycles. The molecule has 1 amide bonds. The molecular formula is C17H12ClFN2O2S. The van der Waals surface area contributed by atoms with Gasteiger partial charge in [-0.15, -0.1) is 0 Å². The lowest BCUT2D eigenvalue weighted by molar-refractivity contribution is -0.119. The molecule has 2 atom stereocenters. The second kappa shape index (κ2) is 5.79. The minimum Gasteiger partial charge on any atom is -0.273 e. The van der Waals surface area contributed by atoms with Gasteiger partial charge in [-0.2, -0.15) is 5.10 Å². The van der Waals surface area contributed by atoms with E-state index in [9.17, 15) is 13.4 Å². The Kier molecular flexibility index (Phi) is 3.73. The Morgan fingerprint density at radius 2 is 1.96 bits per heavy atom. The summed E-state index contributed by atoms with van der Waals surface area (Å²) in [5, 5.41) is 6.30. The smallest absolute Gasteiger partial charge is 0.248 e. The van der Waals surface area contributed by atoms with Crippen LogP contribution in [0.4, 0.5) is 10.1 Å². The fourth-order valence-corrected chi connectivity index (χ4v) is 4.63. The van der Waals surface area contributed by atoms with Crippen LogP contribution < -0.4 is 5.01 Å². The first-order valence-electron chi connectivity index (χ1n) is 7.38. The maximum atomic E-state index is 13.1. The summed E-state index contributed by atoms with van der Waals surface area (Å²) in [5.74, 6) is -0.394. The van der Waals surface area contributed by atoms with E-state index in [0.717, 1.165) is 5.56 Å². The van der Waals surface area contributed by atoms with Crippen LogP contribution in [0.1, 0.15) is 12.0 Å². The largest absolute Gasteiger partial charge is 0.273 e. The van der Waals surface area contributed by atoms with Crippen LogP contribution in [-0.2, 0) is 15.6 Å². The molecule has 2 unspecified atom stereocenters. The highest BCUT2D eigenvalue weighted by Crippen LogP contribution is 2.34. The number of hydrogen-bond donors (Lipinski definition) is 0. The molecule has 4 nitrogen and oxygen atoms in total. The topological polar surface area (TPSA) is 49.7 Å². The number of amides is 1. The van der Waals surface area contributed by atoms with Crippen molar-refractivity contribution in [3.63, 3.8) is 0 Å². The summed E-state index contributed by atoms with van der Waals surface area (Å²) in [4.78, 5) is 13.1. The summed E-state index contributed by atoms with van der Waals surface area (Å²) in [5.41, 5.74) is 1.93. The molecule has 2 aliphatic rings. The van der Waals surface area contributed by atoms with Gasteiger partial charge in [-0.25, -0.2) is 9.40 Å². The summed E-state index contributed by atoms with van der Waals surface area (Å²) < 4.78 is 25.5. The Balaban J connectivity index is 1.84. The van der Waals surface area contributed by atoms with E-state index in [1.807, 2.05) is 0 Å². The van der Waals surface area contributed by atoms with E-state index in [-0.39, 0.29) is 24.1 Å². The molecule has 0 fully saturated rings. The van der Waals surface area contributed by atoms with Gasteiger partial charge in [0.15, 0.2) is 0 Å². The molecule has 0 radical (unpaired) electrons. The molecular weight excluding hydrogens is 351 g/mol. The van der Waals surface area contributed by atoms with Crippen molar-refractivity contribution in [1.29, 1.82) is 0 Å². The number of carbonyl (C=O) groups excluding carboxylic acids is 1. The monoisotopic (exact) mass is 362 g/mol. The highest BCUT2D eigenvalue weighted by molar-refractivity contribution is 7.85. The lowest BCUT2D eigenvalue weighted by atomic mass is 9.93. The number of hydrazone groups is 1. The van der Waals surface area contributed by atoms with E-state index in [4.69, 9.17) is 11.6 Å². The summed E-state index contributed by atoms with van der Waals surface area (Å²) in [6, 6.07) is 10.8. The number of benzene rings is 2. The van der Waals surface area contributed by atoms with Crippen molar-refractivity contribution in [3.05, 3.63) is 58.9 Å². The Morgan fingerprint density at radius 1 is 1.21 bits per heavy atom. The SMILES string of the molecule is O=C1CC2CS(=O)c3ccc(Cl)cc3C2=NN1c1ccc(F)cc1. The molecule has 0 saturated heterocycles. The molecule has 2 aromatic rings. The Morgan fingerprint density at radius 3 is 2.71 bits per heavy atom. The third-order valence-corrected chi connectivity index (χ3v) is 5.93. The number of carbonyl (C=O) groups is 1. The van der Waals surface area contributed by atoms with Gasteiger partial charge in [0, 0.05) is 33.6 Å². The van der Waals surface area contributed by atoms with Crippen LogP contribution in [0.15, 0.2) is 52.5 Å². The van der Waals surface area contributed by atoms with Crippen molar-refractivity contribution in [1.82, 2.24) is 0 Å². The zero-order valence-electron chi connectivity index (χ0n) is 12.4. The molecule has 0 aromatic heterocycles. The van der Waals surface area contributed by atoms with Gasteiger partial charge in [0.25, 0.3) is 0 Å². The van der Waals surface area contributed by atoms with Crippen LogP contribution in [0.5, 0.6) is 0 Å². The van der Waals surface area contributed by atoms with Gasteiger partial charge in [-0.1, -0.05) is 11.6 Å². The third-order valence-electron chi connectivity index (χ3n) is 4.14. The first-order chi connectivity index (χ1) is 11.5. The molecule has 0 saturated carbocycles. The maximum absolute atomic E-state index is 13.1. The van der Waals surface area contributed by atoms with Gasteiger partial charge < -0.3 is 0 Å². The standard InChI is InChI=1S/C17H12ClFN2O2S/c18-11-1-6-15-14(8-11)17-10(9-24(15)23)7-16(22)21(20-17)13-4-2-12(19)3-5-13/h1-6,8,10H,7,9H2. The minimum atomic E-state index is -1.18. The molecule has 2 aliphatic heterocycles. The lowest BCUT2D eigenvalue weighted by Crippen LogP contribution is -2.41. The van der Waals surface area contributed by atoms with Crippen LogP contribution in [-0.4, -0.2) is 21.6 Å². The molecule has 0 aliphatic carbocycles. The predicted octanol–water partition coefficient (Wildman–Crippen LogP) is 3.36. The predicted molar refractivity (Wildman–Crippen MR) is 91.3 cm³/mol. The van der Waals surface area contributed by atoms with Crippen molar-refractivity contribution in [2.45, 2.75) is 11.3 Å². The molecule has 24 heavy (non-hydrogen) atoms. The number of fused-ring (bicyclic) bond motifs is 3. The Labute approximate surface area is 145 Å². The molecule has 2 heterocycles. The molecule has 0 spiro atoms. The zero-order chi connectivity index (χ0) is 16.8. The fraction of sp³-hybridized carbons (Fsp3) is 0.176. The second-order valence-corrected chi connectivity index (χ2v) is 7.62. The average molecular weight is 363 g/mol. The molecule has 4 rings (SSSR count). The highest BCUT2D eigenvalue weighted by atomic mass is 35.5. The minimum absolute atomic E-state index is 0.194. The Bertz CT molecular complexity index is 898. The zero-order valence-corrected chi connectivity index (χ0v) is 14.0. The van der Waals surface area contributed by atoms with Gasteiger partial charge in [0.05, 0.1) is 22.2 Å². The van der Waals surface area contributed by atoms with Crippen molar-refractivity contribution < 1.29 is 13.4 Å².